The summed E-state index contributed by atoms with van der Waals surface area (Å²) in [5.41, 5.74) is 2.83. The number of aromatic amines is 1. The summed E-state index contributed by atoms with van der Waals surface area (Å²) < 4.78 is 0. The molecule has 0 aliphatic carbocycles. The molecule has 0 saturated carbocycles. The highest BCUT2D eigenvalue weighted by atomic mass is 16.1. The number of rotatable bonds is 3. The van der Waals surface area contributed by atoms with E-state index in [1.165, 1.54) is 0 Å². The minimum absolute atomic E-state index is 0.0705. The Balaban J connectivity index is 1.53. The summed E-state index contributed by atoms with van der Waals surface area (Å²) in [6.07, 6.45) is 1.92. The molecular weight excluding hydrogens is 338 g/mol. The van der Waals surface area contributed by atoms with Gasteiger partial charge in [-0.3, -0.25) is 4.79 Å². The predicted molar refractivity (Wildman–Crippen MR) is 106 cm³/mol. The average molecular weight is 361 g/mol. The molecule has 2 aromatic heterocycles. The van der Waals surface area contributed by atoms with Gasteiger partial charge in [0.05, 0.1) is 5.69 Å². The standard InChI is InChI=1S/C21H23N5O/c1-14-12-19(25-21(22-14)17-6-4-3-5-7-17)26-10-8-16(9-11-26)18-13-20(27)24-15(2)23-18/h3-7,12-13,16H,8-11H2,1-2H3,(H,23,24,27). The molecule has 0 spiro atoms. The molecule has 4 rings (SSSR count). The summed E-state index contributed by atoms with van der Waals surface area (Å²) in [5, 5.41) is 0. The van der Waals surface area contributed by atoms with E-state index in [-0.39, 0.29) is 5.56 Å². The molecule has 138 valence electrons. The maximum absolute atomic E-state index is 11.7. The Bertz CT molecular complexity index is 991. The molecule has 6 nitrogen and oxygen atoms in total. The number of aromatic nitrogens is 4. The van der Waals surface area contributed by atoms with Crippen LogP contribution in [0.1, 0.15) is 36.0 Å². The van der Waals surface area contributed by atoms with E-state index in [4.69, 9.17) is 4.98 Å². The van der Waals surface area contributed by atoms with Crippen LogP contribution in [0.5, 0.6) is 0 Å². The van der Waals surface area contributed by atoms with Crippen molar-refractivity contribution < 1.29 is 0 Å². The third-order valence-electron chi connectivity index (χ3n) is 4.99. The third kappa shape index (κ3) is 3.89. The van der Waals surface area contributed by atoms with E-state index in [1.54, 1.807) is 6.07 Å². The highest BCUT2D eigenvalue weighted by molar-refractivity contribution is 5.58. The second-order valence-corrected chi connectivity index (χ2v) is 7.07. The zero-order chi connectivity index (χ0) is 18.8. The van der Waals surface area contributed by atoms with Crippen LogP contribution in [0.3, 0.4) is 0 Å². The Morgan fingerprint density at radius 1 is 1.00 bits per heavy atom. The molecule has 1 saturated heterocycles. The lowest BCUT2D eigenvalue weighted by molar-refractivity contribution is 0.491. The number of hydrogen-bond donors (Lipinski definition) is 1. The molecule has 0 atom stereocenters. The molecule has 0 bridgehead atoms. The van der Waals surface area contributed by atoms with Crippen LogP contribution in [-0.2, 0) is 0 Å². The van der Waals surface area contributed by atoms with Crippen molar-refractivity contribution in [1.82, 2.24) is 19.9 Å². The monoisotopic (exact) mass is 361 g/mol. The Hall–Kier alpha value is -3.02. The summed E-state index contributed by atoms with van der Waals surface area (Å²) in [6, 6.07) is 13.7. The van der Waals surface area contributed by atoms with E-state index in [0.717, 1.165) is 54.5 Å². The fourth-order valence-corrected chi connectivity index (χ4v) is 3.65. The van der Waals surface area contributed by atoms with Crippen molar-refractivity contribution in [1.29, 1.82) is 0 Å². The van der Waals surface area contributed by atoms with Crippen molar-refractivity contribution in [3.8, 4) is 11.4 Å². The topological polar surface area (TPSA) is 74.8 Å². The van der Waals surface area contributed by atoms with Gasteiger partial charge < -0.3 is 9.88 Å². The van der Waals surface area contributed by atoms with Crippen LogP contribution >= 0.6 is 0 Å². The van der Waals surface area contributed by atoms with Gasteiger partial charge in [-0.2, -0.15) is 0 Å². The number of benzene rings is 1. The number of anilines is 1. The van der Waals surface area contributed by atoms with Gasteiger partial charge in [-0.05, 0) is 26.7 Å². The fraction of sp³-hybridized carbons (Fsp3) is 0.333. The van der Waals surface area contributed by atoms with Crippen molar-refractivity contribution in [2.24, 2.45) is 0 Å². The van der Waals surface area contributed by atoms with Crippen molar-refractivity contribution in [2.75, 3.05) is 18.0 Å². The normalized spacial score (nSPS) is 15.1. The molecule has 1 fully saturated rings. The lowest BCUT2D eigenvalue weighted by Gasteiger charge is -2.32. The van der Waals surface area contributed by atoms with Gasteiger partial charge in [0.1, 0.15) is 11.6 Å². The molecule has 0 radical (unpaired) electrons. The molecule has 1 aliphatic heterocycles. The Labute approximate surface area is 158 Å². The molecule has 1 aliphatic rings. The molecule has 3 aromatic rings. The second-order valence-electron chi connectivity index (χ2n) is 7.07. The van der Waals surface area contributed by atoms with E-state index >= 15 is 0 Å². The van der Waals surface area contributed by atoms with Crippen molar-refractivity contribution in [2.45, 2.75) is 32.6 Å². The smallest absolute Gasteiger partial charge is 0.251 e. The lowest BCUT2D eigenvalue weighted by atomic mass is 9.93. The van der Waals surface area contributed by atoms with Crippen LogP contribution in [0.15, 0.2) is 47.3 Å². The zero-order valence-electron chi connectivity index (χ0n) is 15.6. The number of H-pyrrole nitrogens is 1. The molecular formula is C21H23N5O. The maximum atomic E-state index is 11.7. The predicted octanol–water partition coefficient (Wildman–Crippen LogP) is 3.23. The van der Waals surface area contributed by atoms with Crippen molar-refractivity contribution in [3.63, 3.8) is 0 Å². The molecule has 6 heteroatoms. The van der Waals surface area contributed by atoms with E-state index in [9.17, 15) is 4.79 Å². The minimum atomic E-state index is -0.0705. The van der Waals surface area contributed by atoms with E-state index in [1.807, 2.05) is 50.2 Å². The van der Waals surface area contributed by atoms with Crippen LogP contribution in [0.4, 0.5) is 5.82 Å². The number of piperidine rings is 1. The highest BCUT2D eigenvalue weighted by Gasteiger charge is 2.23. The van der Waals surface area contributed by atoms with Gasteiger partial charge in [0.2, 0.25) is 0 Å². The molecule has 1 aromatic carbocycles. The lowest BCUT2D eigenvalue weighted by Crippen LogP contribution is -2.34. The molecule has 0 amide bonds. The van der Waals surface area contributed by atoms with Gasteiger partial charge in [0.25, 0.3) is 5.56 Å². The van der Waals surface area contributed by atoms with Gasteiger partial charge in [0, 0.05) is 42.4 Å². The van der Waals surface area contributed by atoms with Crippen molar-refractivity contribution in [3.05, 3.63) is 70.0 Å². The van der Waals surface area contributed by atoms with Crippen LogP contribution < -0.4 is 10.5 Å². The van der Waals surface area contributed by atoms with Gasteiger partial charge >= 0.3 is 0 Å². The first-order chi connectivity index (χ1) is 13.1. The first kappa shape index (κ1) is 17.4. The van der Waals surface area contributed by atoms with Gasteiger partial charge in [-0.15, -0.1) is 0 Å². The SMILES string of the molecule is Cc1cc(N2CCC(c3cc(=O)[nH]c(C)n3)CC2)nc(-c2ccccc2)n1. The van der Waals surface area contributed by atoms with Crippen LogP contribution in [0.25, 0.3) is 11.4 Å². The molecule has 1 N–H and O–H groups in total. The number of nitrogens with one attached hydrogen (secondary N) is 1. The van der Waals surface area contributed by atoms with E-state index in [0.29, 0.717) is 11.7 Å². The number of nitrogens with zero attached hydrogens (tertiary/aromatic N) is 4. The summed E-state index contributed by atoms with van der Waals surface area (Å²) in [7, 11) is 0. The maximum Gasteiger partial charge on any atom is 0.251 e. The van der Waals surface area contributed by atoms with E-state index in [2.05, 4.69) is 19.9 Å². The average Bonchev–Trinajstić information content (AvgIpc) is 2.67. The Kier molecular flexibility index (Phi) is 4.71. The van der Waals surface area contributed by atoms with Gasteiger partial charge in [-0.25, -0.2) is 15.0 Å². The summed E-state index contributed by atoms with van der Waals surface area (Å²) in [5.74, 6) is 2.73. The first-order valence-electron chi connectivity index (χ1n) is 9.32. The summed E-state index contributed by atoms with van der Waals surface area (Å²) >= 11 is 0. The quantitative estimate of drug-likeness (QED) is 0.775. The summed E-state index contributed by atoms with van der Waals surface area (Å²) in [6.45, 7) is 5.62. The zero-order valence-corrected chi connectivity index (χ0v) is 15.6. The number of aryl methyl sites for hydroxylation is 2. The molecule has 27 heavy (non-hydrogen) atoms. The second kappa shape index (κ2) is 7.31. The summed E-state index contributed by atoms with van der Waals surface area (Å²) in [4.78, 5) is 30.7. The van der Waals surface area contributed by atoms with Gasteiger partial charge in [0.15, 0.2) is 5.82 Å². The van der Waals surface area contributed by atoms with Crippen molar-refractivity contribution >= 4 is 5.82 Å². The van der Waals surface area contributed by atoms with Crippen LogP contribution in [-0.4, -0.2) is 33.0 Å². The van der Waals surface area contributed by atoms with E-state index < -0.39 is 0 Å². The molecule has 3 heterocycles. The Morgan fingerprint density at radius 3 is 2.44 bits per heavy atom. The van der Waals surface area contributed by atoms with Gasteiger partial charge in [-0.1, -0.05) is 30.3 Å². The van der Waals surface area contributed by atoms with Crippen LogP contribution in [0.2, 0.25) is 0 Å². The van der Waals surface area contributed by atoms with Crippen LogP contribution in [0, 0.1) is 13.8 Å². The Morgan fingerprint density at radius 2 is 1.74 bits per heavy atom. The fourth-order valence-electron chi connectivity index (χ4n) is 3.65. The number of hydrogen-bond acceptors (Lipinski definition) is 5. The highest BCUT2D eigenvalue weighted by Crippen LogP contribution is 2.29. The largest absolute Gasteiger partial charge is 0.356 e. The molecule has 0 unspecified atom stereocenters. The first-order valence-corrected chi connectivity index (χ1v) is 9.32. The minimum Gasteiger partial charge on any atom is -0.356 e. The third-order valence-corrected chi connectivity index (χ3v) is 4.99.